The van der Waals surface area contributed by atoms with Crippen molar-refractivity contribution >= 4 is 16.3 Å². The first kappa shape index (κ1) is 18.5. The van der Waals surface area contributed by atoms with Gasteiger partial charge in [-0.15, -0.1) is 0 Å². The molecule has 0 aliphatic carbocycles. The first-order valence-corrected chi connectivity index (χ1v) is 8.52. The van der Waals surface area contributed by atoms with Gasteiger partial charge < -0.3 is 23.9 Å². The Morgan fingerprint density at radius 2 is 2.04 bits per heavy atom. The smallest absolute Gasteiger partial charge is 0.260 e. The topological polar surface area (TPSA) is 69.8 Å². The van der Waals surface area contributed by atoms with Crippen LogP contribution in [0, 0.1) is 6.92 Å². The molecule has 1 atom stereocenters. The molecule has 0 bridgehead atoms. The molecular weight excluding hydrogens is 334 g/mol. The molecule has 0 saturated carbocycles. The fourth-order valence-corrected chi connectivity index (χ4v) is 3.36. The van der Waals surface area contributed by atoms with Crippen LogP contribution in [0.25, 0.3) is 16.3 Å². The number of allylic oxidation sites excluding steroid dienone is 1. The van der Waals surface area contributed by atoms with E-state index in [0.717, 1.165) is 22.2 Å². The molecular formula is C20H25NO5. The van der Waals surface area contributed by atoms with Crippen LogP contribution in [0.5, 0.6) is 11.5 Å². The van der Waals surface area contributed by atoms with Crippen LogP contribution in [0.2, 0.25) is 0 Å². The molecule has 1 saturated heterocycles. The zero-order valence-corrected chi connectivity index (χ0v) is 16.1. The van der Waals surface area contributed by atoms with Gasteiger partial charge in [-0.05, 0) is 62.4 Å². The van der Waals surface area contributed by atoms with Gasteiger partial charge in [-0.3, -0.25) is 4.79 Å². The summed E-state index contributed by atoms with van der Waals surface area (Å²) in [5.41, 5.74) is 2.06. The highest BCUT2D eigenvalue weighted by molar-refractivity contribution is 5.94. The first-order valence-electron chi connectivity index (χ1n) is 8.52. The number of hydrogen-bond donors (Lipinski definition) is 1. The number of pyridine rings is 1. The van der Waals surface area contributed by atoms with Crippen LogP contribution in [-0.4, -0.2) is 37.7 Å². The van der Waals surface area contributed by atoms with E-state index in [-0.39, 0.29) is 18.5 Å². The average Bonchev–Trinajstić information content (AvgIpc) is 2.94. The van der Waals surface area contributed by atoms with Crippen LogP contribution in [0.1, 0.15) is 32.0 Å². The predicted octanol–water partition coefficient (Wildman–Crippen LogP) is 3.41. The number of aromatic nitrogens is 1. The van der Waals surface area contributed by atoms with Gasteiger partial charge in [0, 0.05) is 5.69 Å². The maximum Gasteiger partial charge on any atom is 0.260 e. The van der Waals surface area contributed by atoms with Gasteiger partial charge in [0.2, 0.25) is 0 Å². The Labute approximate surface area is 152 Å². The number of ether oxygens (including phenoxy) is 4. The summed E-state index contributed by atoms with van der Waals surface area (Å²) in [7, 11) is 3.09. The predicted molar refractivity (Wildman–Crippen MR) is 101 cm³/mol. The Kier molecular flexibility index (Phi) is 4.82. The zero-order valence-electron chi connectivity index (χ0n) is 16.1. The number of hydrogen-bond acceptors (Lipinski definition) is 5. The molecule has 6 heteroatoms. The highest BCUT2D eigenvalue weighted by Crippen LogP contribution is 2.36. The van der Waals surface area contributed by atoms with E-state index in [1.165, 1.54) is 7.11 Å². The van der Waals surface area contributed by atoms with Crippen LogP contribution in [-0.2, 0) is 9.47 Å². The number of fused-ring (bicyclic) bond motifs is 1. The van der Waals surface area contributed by atoms with E-state index in [4.69, 9.17) is 18.9 Å². The normalized spacial score (nSPS) is 19.8. The molecule has 2 aromatic rings. The molecule has 1 aromatic heterocycles. The van der Waals surface area contributed by atoms with Crippen LogP contribution >= 0.6 is 0 Å². The molecule has 0 spiro atoms. The third-order valence-corrected chi connectivity index (χ3v) is 4.95. The summed E-state index contributed by atoms with van der Waals surface area (Å²) in [6.45, 7) is 8.19. The van der Waals surface area contributed by atoms with Crippen molar-refractivity contribution in [3.63, 3.8) is 0 Å². The molecule has 1 aromatic carbocycles. The lowest BCUT2D eigenvalue weighted by Crippen LogP contribution is -2.31. The number of methoxy groups -OCH3 is 2. The Morgan fingerprint density at radius 3 is 2.62 bits per heavy atom. The molecule has 26 heavy (non-hydrogen) atoms. The average molecular weight is 359 g/mol. The number of aryl methyl sites for hydroxylation is 1. The molecule has 1 aliphatic heterocycles. The van der Waals surface area contributed by atoms with Crippen LogP contribution < -0.4 is 15.0 Å². The number of aromatic amines is 1. The summed E-state index contributed by atoms with van der Waals surface area (Å²) in [5, 5.41) is 1.32. The van der Waals surface area contributed by atoms with E-state index < -0.39 is 5.60 Å². The Morgan fingerprint density at radius 1 is 1.31 bits per heavy atom. The van der Waals surface area contributed by atoms with E-state index in [2.05, 4.69) is 4.98 Å². The summed E-state index contributed by atoms with van der Waals surface area (Å²) in [5.74, 6) is 0.972. The third kappa shape index (κ3) is 2.99. The fraction of sp³-hybridized carbons (Fsp3) is 0.450. The van der Waals surface area contributed by atoms with Gasteiger partial charge in [0.15, 0.2) is 11.5 Å². The molecule has 2 heterocycles. The minimum absolute atomic E-state index is 0.175. The van der Waals surface area contributed by atoms with Crippen molar-refractivity contribution in [3.05, 3.63) is 39.8 Å². The van der Waals surface area contributed by atoms with Gasteiger partial charge in [0.05, 0.1) is 25.2 Å². The minimum atomic E-state index is -0.400. The molecule has 1 N–H and O–H groups in total. The van der Waals surface area contributed by atoms with Crippen molar-refractivity contribution in [1.82, 2.24) is 4.98 Å². The molecule has 6 nitrogen and oxygen atoms in total. The van der Waals surface area contributed by atoms with Gasteiger partial charge >= 0.3 is 0 Å². The highest BCUT2D eigenvalue weighted by Gasteiger charge is 2.35. The Bertz CT molecular complexity index is 926. The number of nitrogens with one attached hydrogen (secondary N) is 1. The Balaban J connectivity index is 2.17. The lowest BCUT2D eigenvalue weighted by atomic mass is 9.96. The second-order valence-corrected chi connectivity index (χ2v) is 6.98. The number of rotatable bonds is 4. The molecule has 140 valence electrons. The molecule has 1 unspecified atom stereocenters. The van der Waals surface area contributed by atoms with Gasteiger partial charge in [0.25, 0.3) is 5.56 Å². The second-order valence-electron chi connectivity index (χ2n) is 6.98. The largest absolute Gasteiger partial charge is 0.493 e. The maximum atomic E-state index is 12.8. The summed E-state index contributed by atoms with van der Waals surface area (Å²) < 4.78 is 22.0. The van der Waals surface area contributed by atoms with Gasteiger partial charge in [-0.1, -0.05) is 0 Å². The summed E-state index contributed by atoms with van der Waals surface area (Å²) >= 11 is 0. The number of benzene rings is 1. The van der Waals surface area contributed by atoms with Crippen LogP contribution in [0.4, 0.5) is 0 Å². The van der Waals surface area contributed by atoms with E-state index >= 15 is 0 Å². The highest BCUT2D eigenvalue weighted by atomic mass is 16.7. The molecule has 0 radical (unpaired) electrons. The maximum absolute atomic E-state index is 12.8. The van der Waals surface area contributed by atoms with Crippen molar-refractivity contribution in [1.29, 1.82) is 0 Å². The molecule has 1 fully saturated rings. The van der Waals surface area contributed by atoms with Crippen molar-refractivity contribution < 1.29 is 18.9 Å². The Hall–Kier alpha value is -2.31. The second kappa shape index (κ2) is 6.78. The lowest BCUT2D eigenvalue weighted by Gasteiger charge is -2.22. The van der Waals surface area contributed by atoms with Crippen molar-refractivity contribution in [2.24, 2.45) is 0 Å². The van der Waals surface area contributed by atoms with Crippen molar-refractivity contribution in [2.75, 3.05) is 21.0 Å². The van der Waals surface area contributed by atoms with E-state index in [0.29, 0.717) is 16.9 Å². The monoisotopic (exact) mass is 359 g/mol. The standard InChI is InChI=1S/C20H25NO5/c1-11(9-15-20(3,4)26-10-25-15)17-12(2)13-7-8-14(23-5)18(24-6)16(13)19(22)21-17/h7-9,15H,10H2,1-6H3,(H,21,22)/b11-9+. The summed E-state index contributed by atoms with van der Waals surface area (Å²) in [4.78, 5) is 15.8. The lowest BCUT2D eigenvalue weighted by molar-refractivity contribution is 0.0121. The molecule has 1 aliphatic rings. The minimum Gasteiger partial charge on any atom is -0.493 e. The van der Waals surface area contributed by atoms with E-state index in [1.807, 2.05) is 45.9 Å². The van der Waals surface area contributed by atoms with Crippen LogP contribution in [0.15, 0.2) is 23.0 Å². The zero-order chi connectivity index (χ0) is 19.1. The van der Waals surface area contributed by atoms with E-state index in [9.17, 15) is 4.79 Å². The molecule has 0 amide bonds. The van der Waals surface area contributed by atoms with E-state index in [1.54, 1.807) is 7.11 Å². The summed E-state index contributed by atoms with van der Waals surface area (Å²) in [6, 6.07) is 3.70. The van der Waals surface area contributed by atoms with Gasteiger partial charge in [-0.2, -0.15) is 0 Å². The fourth-order valence-electron chi connectivity index (χ4n) is 3.36. The van der Waals surface area contributed by atoms with Crippen molar-refractivity contribution in [2.45, 2.75) is 39.4 Å². The SMILES string of the molecule is COc1ccc2c(C)c(/C(C)=C/C3OCOC3(C)C)[nH]c(=O)c2c1OC. The molecule has 3 rings (SSSR count). The quantitative estimate of drug-likeness (QED) is 0.906. The number of H-pyrrole nitrogens is 1. The summed E-state index contributed by atoms with van der Waals surface area (Å²) in [6.07, 6.45) is 1.82. The first-order chi connectivity index (χ1) is 12.3. The third-order valence-electron chi connectivity index (χ3n) is 4.95. The van der Waals surface area contributed by atoms with Gasteiger partial charge in [-0.25, -0.2) is 0 Å². The van der Waals surface area contributed by atoms with Gasteiger partial charge in [0.1, 0.15) is 12.9 Å². The van der Waals surface area contributed by atoms with Crippen molar-refractivity contribution in [3.8, 4) is 11.5 Å². The van der Waals surface area contributed by atoms with Crippen LogP contribution in [0.3, 0.4) is 0 Å².